The highest BCUT2D eigenvalue weighted by atomic mass is 19.1. The Bertz CT molecular complexity index is 672. The number of ether oxygens (including phenoxy) is 2. The lowest BCUT2D eigenvalue weighted by atomic mass is 10.1. The number of carbonyl (C=O) groups excluding carboxylic acids is 2. The molecule has 1 heterocycles. The molecule has 0 unspecified atom stereocenters. The highest BCUT2D eigenvalue weighted by Crippen LogP contribution is 2.24. The summed E-state index contributed by atoms with van der Waals surface area (Å²) >= 11 is 0. The number of esters is 1. The summed E-state index contributed by atoms with van der Waals surface area (Å²) in [7, 11) is 1.22. The Morgan fingerprint density at radius 2 is 1.96 bits per heavy atom. The number of amides is 1. The Balaban J connectivity index is 2.12. The maximum atomic E-state index is 14.2. The molecule has 1 saturated heterocycles. The first-order chi connectivity index (χ1) is 12.2. The first-order valence-electron chi connectivity index (χ1n) is 8.78. The monoisotopic (exact) mass is 366 g/mol. The van der Waals surface area contributed by atoms with E-state index in [4.69, 9.17) is 4.74 Å². The second kappa shape index (κ2) is 7.93. The SMILES string of the molecule is CC[C@H]1CN(c2ccc(C(=O)OC)c(F)c2)CCN1C(=O)OC(C)(C)C. The van der Waals surface area contributed by atoms with E-state index in [1.165, 1.54) is 19.2 Å². The van der Waals surface area contributed by atoms with E-state index in [1.54, 1.807) is 11.0 Å². The molecule has 0 aromatic heterocycles. The normalized spacial score (nSPS) is 17.8. The van der Waals surface area contributed by atoms with Crippen molar-refractivity contribution in [1.29, 1.82) is 0 Å². The molecular weight excluding hydrogens is 339 g/mol. The average molecular weight is 366 g/mol. The van der Waals surface area contributed by atoms with Gasteiger partial charge in [-0.25, -0.2) is 14.0 Å². The van der Waals surface area contributed by atoms with Gasteiger partial charge in [-0.05, 0) is 45.4 Å². The maximum Gasteiger partial charge on any atom is 0.410 e. The van der Waals surface area contributed by atoms with Crippen LogP contribution in [0, 0.1) is 5.82 Å². The highest BCUT2D eigenvalue weighted by molar-refractivity contribution is 5.90. The lowest BCUT2D eigenvalue weighted by Gasteiger charge is -2.42. The van der Waals surface area contributed by atoms with Gasteiger partial charge < -0.3 is 19.3 Å². The van der Waals surface area contributed by atoms with E-state index in [9.17, 15) is 14.0 Å². The van der Waals surface area contributed by atoms with Gasteiger partial charge in [0.25, 0.3) is 0 Å². The minimum atomic E-state index is -0.699. The number of anilines is 1. The number of piperazine rings is 1. The largest absolute Gasteiger partial charge is 0.465 e. The predicted octanol–water partition coefficient (Wildman–Crippen LogP) is 3.45. The summed E-state index contributed by atoms with van der Waals surface area (Å²) in [4.78, 5) is 27.7. The van der Waals surface area contributed by atoms with Crippen molar-refractivity contribution in [3.8, 4) is 0 Å². The third kappa shape index (κ3) is 4.65. The number of benzene rings is 1. The Labute approximate surface area is 153 Å². The van der Waals surface area contributed by atoms with Crippen LogP contribution in [0.4, 0.5) is 14.9 Å². The first-order valence-corrected chi connectivity index (χ1v) is 8.78. The number of nitrogens with zero attached hydrogens (tertiary/aromatic N) is 2. The molecule has 0 spiro atoms. The highest BCUT2D eigenvalue weighted by Gasteiger charge is 2.32. The van der Waals surface area contributed by atoms with E-state index >= 15 is 0 Å². The molecule has 0 radical (unpaired) electrons. The molecule has 1 fully saturated rings. The van der Waals surface area contributed by atoms with E-state index in [0.717, 1.165) is 6.42 Å². The van der Waals surface area contributed by atoms with Crippen molar-refractivity contribution >= 4 is 17.7 Å². The quantitative estimate of drug-likeness (QED) is 0.767. The zero-order valence-corrected chi connectivity index (χ0v) is 16.0. The topological polar surface area (TPSA) is 59.1 Å². The van der Waals surface area contributed by atoms with Crippen LogP contribution in [0.5, 0.6) is 0 Å². The Hall–Kier alpha value is -2.31. The summed E-state index contributed by atoms with van der Waals surface area (Å²) in [6.45, 7) is 9.16. The molecule has 1 aromatic carbocycles. The first kappa shape index (κ1) is 20.0. The number of halogens is 1. The van der Waals surface area contributed by atoms with Crippen LogP contribution in [-0.2, 0) is 9.47 Å². The standard InChI is InChI=1S/C19H27FN2O4/c1-6-13-12-21(9-10-22(13)18(24)26-19(2,3)4)14-7-8-15(16(20)11-14)17(23)25-5/h7-8,11,13H,6,9-10,12H2,1-5H3/t13-/m0/s1. The Morgan fingerprint density at radius 3 is 2.50 bits per heavy atom. The zero-order chi connectivity index (χ0) is 19.5. The lowest BCUT2D eigenvalue weighted by Crippen LogP contribution is -2.56. The molecule has 0 aliphatic carbocycles. The molecule has 2 rings (SSSR count). The van der Waals surface area contributed by atoms with E-state index in [0.29, 0.717) is 25.3 Å². The van der Waals surface area contributed by atoms with Crippen LogP contribution in [-0.4, -0.2) is 55.3 Å². The molecule has 1 atom stereocenters. The number of carbonyl (C=O) groups is 2. The summed E-state index contributed by atoms with van der Waals surface area (Å²) < 4.78 is 24.2. The van der Waals surface area contributed by atoms with Crippen LogP contribution in [0.3, 0.4) is 0 Å². The second-order valence-electron chi connectivity index (χ2n) is 7.34. The second-order valence-corrected chi connectivity index (χ2v) is 7.34. The van der Waals surface area contributed by atoms with Crippen molar-refractivity contribution in [2.45, 2.75) is 45.8 Å². The molecule has 0 N–H and O–H groups in total. The van der Waals surface area contributed by atoms with Crippen LogP contribution < -0.4 is 4.90 Å². The van der Waals surface area contributed by atoms with E-state index in [1.807, 2.05) is 32.6 Å². The van der Waals surface area contributed by atoms with E-state index in [2.05, 4.69) is 4.74 Å². The molecule has 6 nitrogen and oxygen atoms in total. The molecule has 1 aliphatic rings. The fourth-order valence-electron chi connectivity index (χ4n) is 2.98. The zero-order valence-electron chi connectivity index (χ0n) is 16.0. The molecule has 0 bridgehead atoms. The minimum absolute atomic E-state index is 0.0260. The predicted molar refractivity (Wildman–Crippen MR) is 97.0 cm³/mol. The summed E-state index contributed by atoms with van der Waals surface area (Å²) in [5.74, 6) is -1.31. The van der Waals surface area contributed by atoms with E-state index < -0.39 is 17.4 Å². The van der Waals surface area contributed by atoms with Crippen molar-refractivity contribution in [1.82, 2.24) is 4.90 Å². The number of rotatable bonds is 3. The third-order valence-corrected chi connectivity index (χ3v) is 4.31. The van der Waals surface area contributed by atoms with Crippen LogP contribution in [0.15, 0.2) is 18.2 Å². The van der Waals surface area contributed by atoms with Gasteiger partial charge in [0.05, 0.1) is 18.7 Å². The van der Waals surface area contributed by atoms with Crippen LogP contribution >= 0.6 is 0 Å². The molecule has 144 valence electrons. The summed E-state index contributed by atoms with van der Waals surface area (Å²) in [5.41, 5.74) is 0.0485. The van der Waals surface area contributed by atoms with Gasteiger partial charge in [-0.1, -0.05) is 6.92 Å². The molecule has 26 heavy (non-hydrogen) atoms. The minimum Gasteiger partial charge on any atom is -0.465 e. The van der Waals surface area contributed by atoms with Gasteiger partial charge in [0.1, 0.15) is 11.4 Å². The van der Waals surface area contributed by atoms with Crippen LogP contribution in [0.2, 0.25) is 0 Å². The molecular formula is C19H27FN2O4. The third-order valence-electron chi connectivity index (χ3n) is 4.31. The Morgan fingerprint density at radius 1 is 1.27 bits per heavy atom. The fraction of sp³-hybridized carbons (Fsp3) is 0.579. The van der Waals surface area contributed by atoms with Crippen molar-refractivity contribution in [3.05, 3.63) is 29.6 Å². The van der Waals surface area contributed by atoms with Gasteiger partial charge in [-0.3, -0.25) is 0 Å². The van der Waals surface area contributed by atoms with Crippen LogP contribution in [0.1, 0.15) is 44.5 Å². The summed E-state index contributed by atoms with van der Waals surface area (Å²) in [6.07, 6.45) is 0.439. The molecule has 7 heteroatoms. The molecule has 1 aliphatic heterocycles. The van der Waals surface area contributed by atoms with Gasteiger partial charge in [-0.2, -0.15) is 0 Å². The fourth-order valence-corrected chi connectivity index (χ4v) is 2.98. The summed E-state index contributed by atoms with van der Waals surface area (Å²) in [6, 6.07) is 4.44. The number of methoxy groups -OCH3 is 1. The van der Waals surface area contributed by atoms with Gasteiger partial charge >= 0.3 is 12.1 Å². The maximum absolute atomic E-state index is 14.2. The van der Waals surface area contributed by atoms with Gasteiger partial charge in [-0.15, -0.1) is 0 Å². The van der Waals surface area contributed by atoms with Crippen molar-refractivity contribution < 1.29 is 23.5 Å². The van der Waals surface area contributed by atoms with Gasteiger partial charge in [0.2, 0.25) is 0 Å². The Kier molecular flexibility index (Phi) is 6.10. The molecule has 1 aromatic rings. The van der Waals surface area contributed by atoms with Crippen molar-refractivity contribution in [2.24, 2.45) is 0 Å². The van der Waals surface area contributed by atoms with Crippen molar-refractivity contribution in [2.75, 3.05) is 31.6 Å². The summed E-state index contributed by atoms with van der Waals surface area (Å²) in [5, 5.41) is 0. The lowest BCUT2D eigenvalue weighted by molar-refractivity contribution is 0.0136. The van der Waals surface area contributed by atoms with Crippen LogP contribution in [0.25, 0.3) is 0 Å². The van der Waals surface area contributed by atoms with Gasteiger partial charge in [0, 0.05) is 25.3 Å². The number of hydrogen-bond donors (Lipinski definition) is 0. The van der Waals surface area contributed by atoms with E-state index in [-0.39, 0.29) is 17.7 Å². The molecule has 0 saturated carbocycles. The van der Waals surface area contributed by atoms with Crippen molar-refractivity contribution in [3.63, 3.8) is 0 Å². The number of hydrogen-bond acceptors (Lipinski definition) is 5. The smallest absolute Gasteiger partial charge is 0.410 e. The average Bonchev–Trinajstić information content (AvgIpc) is 2.58. The molecule has 1 amide bonds. The van der Waals surface area contributed by atoms with Gasteiger partial charge in [0.15, 0.2) is 0 Å².